The summed E-state index contributed by atoms with van der Waals surface area (Å²) in [6, 6.07) is 4.29. The van der Waals surface area contributed by atoms with Crippen LogP contribution in [0.1, 0.15) is 18.9 Å². The van der Waals surface area contributed by atoms with Gasteiger partial charge in [0.1, 0.15) is 10.7 Å². The molecule has 0 aliphatic carbocycles. The van der Waals surface area contributed by atoms with Gasteiger partial charge in [-0.2, -0.15) is 4.31 Å². The number of rotatable bonds is 4. The molecular weight excluding hydrogens is 267 g/mol. The average Bonchev–Trinajstić information content (AvgIpc) is 2.77. The van der Waals surface area contributed by atoms with Gasteiger partial charge in [-0.25, -0.2) is 12.8 Å². The van der Waals surface area contributed by atoms with Crippen LogP contribution in [0, 0.1) is 11.7 Å². The van der Waals surface area contributed by atoms with Gasteiger partial charge in [-0.05, 0) is 37.1 Å². The molecule has 0 radical (unpaired) electrons. The first-order valence-electron chi connectivity index (χ1n) is 6.38. The molecule has 2 rings (SSSR count). The van der Waals surface area contributed by atoms with Crippen molar-refractivity contribution in [1.29, 1.82) is 0 Å². The highest BCUT2D eigenvalue weighted by atomic mass is 32.2. The lowest BCUT2D eigenvalue weighted by atomic mass is 10.2. The molecule has 1 atom stereocenters. The zero-order chi connectivity index (χ0) is 14.0. The molecule has 0 bridgehead atoms. The maximum Gasteiger partial charge on any atom is 0.245 e. The molecule has 6 heteroatoms. The van der Waals surface area contributed by atoms with Crippen molar-refractivity contribution in [3.05, 3.63) is 29.6 Å². The lowest BCUT2D eigenvalue weighted by Crippen LogP contribution is -2.29. The Bertz CT molecular complexity index is 560. The average molecular weight is 286 g/mol. The van der Waals surface area contributed by atoms with Crippen LogP contribution in [-0.2, 0) is 16.6 Å². The summed E-state index contributed by atoms with van der Waals surface area (Å²) < 4.78 is 40.0. The minimum Gasteiger partial charge on any atom is -0.316 e. The topological polar surface area (TPSA) is 49.4 Å². The van der Waals surface area contributed by atoms with E-state index in [1.54, 1.807) is 13.1 Å². The number of sulfonamides is 1. The minimum atomic E-state index is -3.70. The van der Waals surface area contributed by atoms with Gasteiger partial charge >= 0.3 is 0 Å². The van der Waals surface area contributed by atoms with Gasteiger partial charge in [0.05, 0.1) is 0 Å². The van der Waals surface area contributed by atoms with E-state index in [1.807, 2.05) is 6.92 Å². The van der Waals surface area contributed by atoms with Crippen LogP contribution in [-0.4, -0.2) is 32.9 Å². The molecule has 1 unspecified atom stereocenters. The van der Waals surface area contributed by atoms with Gasteiger partial charge in [0, 0.05) is 19.6 Å². The summed E-state index contributed by atoms with van der Waals surface area (Å²) in [6.45, 7) is 3.46. The molecule has 1 aliphatic rings. The molecule has 0 spiro atoms. The van der Waals surface area contributed by atoms with Crippen LogP contribution in [0.3, 0.4) is 0 Å². The van der Waals surface area contributed by atoms with Gasteiger partial charge in [0.2, 0.25) is 10.0 Å². The standard InChI is InChI=1S/C13H19FN2O2S/c1-10-5-6-16(9-10)19(17,18)13-4-3-11(8-15-2)7-12(13)14/h3-4,7,10,15H,5-6,8-9H2,1-2H3. The van der Waals surface area contributed by atoms with E-state index in [-0.39, 0.29) is 4.90 Å². The third kappa shape index (κ3) is 2.96. The van der Waals surface area contributed by atoms with Gasteiger partial charge in [0.15, 0.2) is 0 Å². The van der Waals surface area contributed by atoms with E-state index in [4.69, 9.17) is 0 Å². The highest BCUT2D eigenvalue weighted by molar-refractivity contribution is 7.89. The lowest BCUT2D eigenvalue weighted by molar-refractivity contribution is 0.458. The molecule has 1 aromatic carbocycles. The molecule has 1 N–H and O–H groups in total. The zero-order valence-corrected chi connectivity index (χ0v) is 12.0. The van der Waals surface area contributed by atoms with Crippen LogP contribution in [0.4, 0.5) is 4.39 Å². The zero-order valence-electron chi connectivity index (χ0n) is 11.2. The van der Waals surface area contributed by atoms with Crippen molar-refractivity contribution in [2.75, 3.05) is 20.1 Å². The molecule has 1 saturated heterocycles. The molecule has 0 saturated carbocycles. The van der Waals surface area contributed by atoms with E-state index in [2.05, 4.69) is 5.32 Å². The highest BCUT2D eigenvalue weighted by Gasteiger charge is 2.32. The Morgan fingerprint density at radius 2 is 2.21 bits per heavy atom. The first kappa shape index (κ1) is 14.4. The SMILES string of the molecule is CNCc1ccc(S(=O)(=O)N2CCC(C)C2)c(F)c1. The van der Waals surface area contributed by atoms with Crippen LogP contribution in [0.5, 0.6) is 0 Å². The van der Waals surface area contributed by atoms with Crippen molar-refractivity contribution in [3.63, 3.8) is 0 Å². The fourth-order valence-corrected chi connectivity index (χ4v) is 3.94. The third-order valence-electron chi connectivity index (χ3n) is 3.38. The maximum atomic E-state index is 14.0. The number of hydrogen-bond donors (Lipinski definition) is 1. The molecule has 19 heavy (non-hydrogen) atoms. The normalized spacial score (nSPS) is 20.9. The second kappa shape index (κ2) is 5.56. The quantitative estimate of drug-likeness (QED) is 0.914. The van der Waals surface area contributed by atoms with Crippen molar-refractivity contribution in [2.45, 2.75) is 24.8 Å². The van der Waals surface area contributed by atoms with Crippen molar-refractivity contribution < 1.29 is 12.8 Å². The summed E-state index contributed by atoms with van der Waals surface area (Å²) in [5, 5.41) is 2.90. The molecule has 106 valence electrons. The fourth-order valence-electron chi connectivity index (χ4n) is 2.32. The van der Waals surface area contributed by atoms with Gasteiger partial charge in [-0.15, -0.1) is 0 Å². The largest absolute Gasteiger partial charge is 0.316 e. The highest BCUT2D eigenvalue weighted by Crippen LogP contribution is 2.26. The molecule has 0 aromatic heterocycles. The molecule has 1 heterocycles. The number of nitrogens with one attached hydrogen (secondary N) is 1. The van der Waals surface area contributed by atoms with Crippen LogP contribution in [0.25, 0.3) is 0 Å². The Morgan fingerprint density at radius 1 is 1.47 bits per heavy atom. The first-order valence-corrected chi connectivity index (χ1v) is 7.82. The second-order valence-electron chi connectivity index (χ2n) is 5.05. The van der Waals surface area contributed by atoms with Gasteiger partial charge in [0.25, 0.3) is 0 Å². The van der Waals surface area contributed by atoms with Gasteiger partial charge in [-0.3, -0.25) is 0 Å². The summed E-state index contributed by atoms with van der Waals surface area (Å²) in [5.74, 6) is -0.339. The summed E-state index contributed by atoms with van der Waals surface area (Å²) in [5.41, 5.74) is 0.730. The number of hydrogen-bond acceptors (Lipinski definition) is 3. The Kier molecular flexibility index (Phi) is 4.23. The van der Waals surface area contributed by atoms with E-state index in [9.17, 15) is 12.8 Å². The Balaban J connectivity index is 2.30. The van der Waals surface area contributed by atoms with Crippen LogP contribution in [0.15, 0.2) is 23.1 Å². The summed E-state index contributed by atoms with van der Waals surface area (Å²) in [7, 11) is -1.94. The van der Waals surface area contributed by atoms with Crippen molar-refractivity contribution in [3.8, 4) is 0 Å². The van der Waals surface area contributed by atoms with E-state index in [1.165, 1.54) is 16.4 Å². The number of benzene rings is 1. The van der Waals surface area contributed by atoms with Crippen LogP contribution >= 0.6 is 0 Å². The number of halogens is 1. The van der Waals surface area contributed by atoms with E-state index in [0.717, 1.165) is 12.0 Å². The minimum absolute atomic E-state index is 0.221. The van der Waals surface area contributed by atoms with Crippen LogP contribution < -0.4 is 5.32 Å². The predicted molar refractivity (Wildman–Crippen MR) is 71.7 cm³/mol. The van der Waals surface area contributed by atoms with E-state index in [0.29, 0.717) is 25.6 Å². The lowest BCUT2D eigenvalue weighted by Gasteiger charge is -2.16. The van der Waals surface area contributed by atoms with Gasteiger partial charge < -0.3 is 5.32 Å². The van der Waals surface area contributed by atoms with E-state index >= 15 is 0 Å². The smallest absolute Gasteiger partial charge is 0.245 e. The van der Waals surface area contributed by atoms with Crippen molar-refractivity contribution in [1.82, 2.24) is 9.62 Å². The first-order chi connectivity index (χ1) is 8.95. The fraction of sp³-hybridized carbons (Fsp3) is 0.538. The monoisotopic (exact) mass is 286 g/mol. The second-order valence-corrected chi connectivity index (χ2v) is 6.96. The van der Waals surface area contributed by atoms with Crippen molar-refractivity contribution >= 4 is 10.0 Å². The summed E-state index contributed by atoms with van der Waals surface area (Å²) in [6.07, 6.45) is 0.832. The Morgan fingerprint density at radius 3 is 2.74 bits per heavy atom. The molecular formula is C13H19FN2O2S. The molecule has 1 aromatic rings. The molecule has 4 nitrogen and oxygen atoms in total. The Hall–Kier alpha value is -0.980. The third-order valence-corrected chi connectivity index (χ3v) is 5.28. The predicted octanol–water partition coefficient (Wildman–Crippen LogP) is 1.58. The van der Waals surface area contributed by atoms with E-state index < -0.39 is 15.8 Å². The summed E-state index contributed by atoms with van der Waals surface area (Å²) >= 11 is 0. The molecule has 1 fully saturated rings. The van der Waals surface area contributed by atoms with Crippen molar-refractivity contribution in [2.24, 2.45) is 5.92 Å². The summed E-state index contributed by atoms with van der Waals surface area (Å²) in [4.78, 5) is -0.221. The van der Waals surface area contributed by atoms with Gasteiger partial charge in [-0.1, -0.05) is 13.0 Å². The number of nitrogens with zero attached hydrogens (tertiary/aromatic N) is 1. The molecule has 0 amide bonds. The maximum absolute atomic E-state index is 14.0. The Labute approximate surface area is 113 Å². The molecule has 1 aliphatic heterocycles. The van der Waals surface area contributed by atoms with Crippen LogP contribution in [0.2, 0.25) is 0 Å².